The molecule has 0 spiro atoms. The Kier molecular flexibility index (Phi) is 37.4. The van der Waals surface area contributed by atoms with Crippen LogP contribution in [0.15, 0.2) is 36.5 Å². The Balaban J connectivity index is 1.77. The third kappa shape index (κ3) is 28.6. The van der Waals surface area contributed by atoms with Crippen molar-refractivity contribution in [1.29, 1.82) is 0 Å². The second kappa shape index (κ2) is 40.9. The molecule has 11 unspecified atom stereocenters. The molecule has 0 aromatic rings. The molecule has 2 heterocycles. The first-order valence-electron chi connectivity index (χ1n) is 26.6. The fourth-order valence-electron chi connectivity index (χ4n) is 8.25. The van der Waals surface area contributed by atoms with Crippen molar-refractivity contribution in [3.05, 3.63) is 36.5 Å². The van der Waals surface area contributed by atoms with E-state index in [1.807, 2.05) is 0 Å². The summed E-state index contributed by atoms with van der Waals surface area (Å²) in [4.78, 5) is 13.0. The van der Waals surface area contributed by atoms with Gasteiger partial charge in [-0.25, -0.2) is 0 Å². The molecule has 0 aliphatic carbocycles. The van der Waals surface area contributed by atoms with Crippen molar-refractivity contribution in [1.82, 2.24) is 0 Å². The molecule has 2 saturated heterocycles. The van der Waals surface area contributed by atoms with Crippen LogP contribution in [0.4, 0.5) is 0 Å². The third-order valence-electron chi connectivity index (χ3n) is 12.6. The molecular weight excluding hydrogens is 861 g/mol. The molecule has 0 amide bonds. The number of aliphatic hydroxyl groups excluding tert-OH is 7. The van der Waals surface area contributed by atoms with Crippen LogP contribution in [0.25, 0.3) is 0 Å². The van der Waals surface area contributed by atoms with Crippen LogP contribution in [0.1, 0.15) is 194 Å². The predicted molar refractivity (Wildman–Crippen MR) is 261 cm³/mol. The highest BCUT2D eigenvalue weighted by Crippen LogP contribution is 2.26. The number of unbranched alkanes of at least 4 members (excludes halogenated alkanes) is 22. The van der Waals surface area contributed by atoms with E-state index in [9.17, 15) is 40.5 Å². The van der Waals surface area contributed by atoms with Gasteiger partial charge in [0.15, 0.2) is 12.6 Å². The standard InChI is InChI=1S/C53H96O14/c1-3-5-7-9-11-13-15-17-19-21-23-25-27-29-31-33-35-37-62-39-42(65-45(55)36-34-32-30-28-26-24-22-20-18-16-14-12-10-8-6-4-2)40-63-52-51(61)49(59)47(57)44(67-52)41-64-53-50(60)48(58)46(56)43(38-54)66-53/h14,16,19-22,42-44,46-54,56-61H,3-13,15,17-18,23-41H2,1-2H3/b16-14-,21-19-,22-20-. The van der Waals surface area contributed by atoms with Gasteiger partial charge in [-0.1, -0.05) is 153 Å². The van der Waals surface area contributed by atoms with E-state index in [1.165, 1.54) is 96.3 Å². The van der Waals surface area contributed by atoms with E-state index in [2.05, 4.69) is 50.3 Å². The minimum atomic E-state index is -1.71. The minimum Gasteiger partial charge on any atom is -0.457 e. The lowest BCUT2D eigenvalue weighted by molar-refractivity contribution is -0.332. The molecule has 7 N–H and O–H groups in total. The SMILES string of the molecule is CCCCCC/C=C\C/C=C\CCCCCCCC(=O)OC(COCCCCCCCC/C=C\CCCCCCCCC)COC1OC(COC2OC(CO)C(O)C(O)C2O)C(O)C(O)C1O. The zero-order valence-electron chi connectivity index (χ0n) is 41.6. The van der Waals surface area contributed by atoms with Gasteiger partial charge in [-0.3, -0.25) is 4.79 Å². The van der Waals surface area contributed by atoms with Crippen LogP contribution < -0.4 is 0 Å². The number of rotatable bonds is 42. The van der Waals surface area contributed by atoms with Crippen LogP contribution in [0, 0.1) is 0 Å². The van der Waals surface area contributed by atoms with Gasteiger partial charge in [0, 0.05) is 13.0 Å². The minimum absolute atomic E-state index is 0.0524. The van der Waals surface area contributed by atoms with Gasteiger partial charge >= 0.3 is 5.97 Å². The first-order valence-corrected chi connectivity index (χ1v) is 26.6. The maximum Gasteiger partial charge on any atom is 0.306 e. The average Bonchev–Trinajstić information content (AvgIpc) is 3.32. The first kappa shape index (κ1) is 61.3. The quantitative estimate of drug-likeness (QED) is 0.0175. The predicted octanol–water partition coefficient (Wildman–Crippen LogP) is 8.19. The fourth-order valence-corrected chi connectivity index (χ4v) is 8.25. The number of hydrogen-bond acceptors (Lipinski definition) is 14. The summed E-state index contributed by atoms with van der Waals surface area (Å²) in [7, 11) is 0. The van der Waals surface area contributed by atoms with Gasteiger partial charge in [-0.05, 0) is 70.6 Å². The van der Waals surface area contributed by atoms with Gasteiger partial charge in [-0.2, -0.15) is 0 Å². The van der Waals surface area contributed by atoms with Crippen LogP contribution in [0.5, 0.6) is 0 Å². The molecule has 2 aliphatic heterocycles. The number of allylic oxidation sites excluding steroid dienone is 6. The number of carbonyl (C=O) groups excluding carboxylic acids is 1. The number of esters is 1. The Morgan fingerprint density at radius 1 is 0.493 bits per heavy atom. The molecule has 67 heavy (non-hydrogen) atoms. The Hall–Kier alpha value is -1.79. The normalized spacial score (nSPS) is 26.3. The van der Waals surface area contributed by atoms with E-state index in [1.54, 1.807) is 0 Å². The summed E-state index contributed by atoms with van der Waals surface area (Å²) in [6, 6.07) is 0. The van der Waals surface area contributed by atoms with E-state index in [0.717, 1.165) is 70.6 Å². The lowest BCUT2D eigenvalue weighted by Crippen LogP contribution is -2.61. The highest BCUT2D eigenvalue weighted by Gasteiger charge is 2.47. The van der Waals surface area contributed by atoms with Crippen LogP contribution in [-0.2, 0) is 33.2 Å². The molecule has 14 nitrogen and oxygen atoms in total. The van der Waals surface area contributed by atoms with Crippen molar-refractivity contribution in [2.45, 2.75) is 261 Å². The fraction of sp³-hybridized carbons (Fsp3) is 0.868. The molecule has 0 bridgehead atoms. The first-order chi connectivity index (χ1) is 32.6. The summed E-state index contributed by atoms with van der Waals surface area (Å²) in [6.45, 7) is 3.64. The van der Waals surface area contributed by atoms with Gasteiger partial charge in [-0.15, -0.1) is 0 Å². The van der Waals surface area contributed by atoms with E-state index in [0.29, 0.717) is 13.0 Å². The Morgan fingerprint density at radius 3 is 1.46 bits per heavy atom. The lowest BCUT2D eigenvalue weighted by Gasteiger charge is -2.42. The topological polar surface area (TPSA) is 214 Å². The molecule has 0 aromatic carbocycles. The van der Waals surface area contributed by atoms with Crippen LogP contribution >= 0.6 is 0 Å². The number of carbonyl (C=O) groups is 1. The molecule has 14 heteroatoms. The van der Waals surface area contributed by atoms with Crippen molar-refractivity contribution in [2.24, 2.45) is 0 Å². The van der Waals surface area contributed by atoms with Gasteiger partial charge in [0.05, 0.1) is 26.4 Å². The maximum atomic E-state index is 13.0. The third-order valence-corrected chi connectivity index (χ3v) is 12.6. The zero-order valence-corrected chi connectivity index (χ0v) is 41.6. The van der Waals surface area contributed by atoms with Crippen LogP contribution in [0.2, 0.25) is 0 Å². The highest BCUT2D eigenvalue weighted by atomic mass is 16.7. The van der Waals surface area contributed by atoms with Crippen molar-refractivity contribution < 1.29 is 69.0 Å². The average molecular weight is 957 g/mol. The Labute approximate surface area is 404 Å². The van der Waals surface area contributed by atoms with E-state index >= 15 is 0 Å². The summed E-state index contributed by atoms with van der Waals surface area (Å²) >= 11 is 0. The molecule has 2 fully saturated rings. The van der Waals surface area contributed by atoms with Gasteiger partial charge in [0.1, 0.15) is 54.9 Å². The molecule has 392 valence electrons. The zero-order chi connectivity index (χ0) is 48.7. The molecule has 11 atom stereocenters. The number of aliphatic hydroxyl groups is 7. The summed E-state index contributed by atoms with van der Waals surface area (Å²) in [6.07, 6.45) is 29.1. The summed E-state index contributed by atoms with van der Waals surface area (Å²) in [5, 5.41) is 72.2. The van der Waals surface area contributed by atoms with Crippen molar-refractivity contribution in [2.75, 3.05) is 33.0 Å². The van der Waals surface area contributed by atoms with Crippen molar-refractivity contribution in [3.63, 3.8) is 0 Å². The number of hydrogen-bond donors (Lipinski definition) is 7. The monoisotopic (exact) mass is 957 g/mol. The smallest absolute Gasteiger partial charge is 0.306 e. The molecule has 2 aliphatic rings. The highest BCUT2D eigenvalue weighted by molar-refractivity contribution is 5.69. The molecule has 0 radical (unpaired) electrons. The van der Waals surface area contributed by atoms with Gasteiger partial charge in [0.2, 0.25) is 0 Å². The van der Waals surface area contributed by atoms with E-state index < -0.39 is 86.7 Å². The Bertz CT molecular complexity index is 1250. The summed E-state index contributed by atoms with van der Waals surface area (Å²) in [5.74, 6) is -0.391. The van der Waals surface area contributed by atoms with Crippen LogP contribution in [-0.4, -0.2) is 142 Å². The van der Waals surface area contributed by atoms with E-state index in [-0.39, 0.29) is 19.6 Å². The number of ether oxygens (including phenoxy) is 6. The summed E-state index contributed by atoms with van der Waals surface area (Å²) < 4.78 is 34.3. The molecule has 0 aromatic heterocycles. The summed E-state index contributed by atoms with van der Waals surface area (Å²) in [5.41, 5.74) is 0. The Morgan fingerprint density at radius 2 is 0.925 bits per heavy atom. The van der Waals surface area contributed by atoms with Gasteiger partial charge in [0.25, 0.3) is 0 Å². The molecular formula is C53H96O14. The van der Waals surface area contributed by atoms with Crippen molar-refractivity contribution >= 4 is 5.97 Å². The van der Waals surface area contributed by atoms with E-state index in [4.69, 9.17) is 28.4 Å². The molecule has 2 rings (SSSR count). The lowest BCUT2D eigenvalue weighted by atomic mass is 9.98. The van der Waals surface area contributed by atoms with Crippen molar-refractivity contribution in [3.8, 4) is 0 Å². The molecule has 0 saturated carbocycles. The maximum absolute atomic E-state index is 13.0. The second-order valence-corrected chi connectivity index (χ2v) is 18.7. The van der Waals surface area contributed by atoms with Gasteiger partial charge < -0.3 is 64.2 Å². The second-order valence-electron chi connectivity index (χ2n) is 18.7. The largest absolute Gasteiger partial charge is 0.457 e. The van der Waals surface area contributed by atoms with Crippen LogP contribution in [0.3, 0.4) is 0 Å².